The Hall–Kier alpha value is -1.11. The smallest absolute Gasteiger partial charge is 0.339 e. The summed E-state index contributed by atoms with van der Waals surface area (Å²) >= 11 is 25.2. The van der Waals surface area contributed by atoms with Crippen molar-refractivity contribution in [3.05, 3.63) is 56.0 Å². The number of anilines is 1. The fraction of sp³-hybridized carbons (Fsp3) is 0.125. The van der Waals surface area contributed by atoms with Gasteiger partial charge in [-0.1, -0.05) is 58.5 Å². The van der Waals surface area contributed by atoms with E-state index in [9.17, 15) is 9.59 Å². The molecule has 1 N–H and O–H groups in total. The van der Waals surface area contributed by atoms with Crippen molar-refractivity contribution in [2.24, 2.45) is 0 Å². The Morgan fingerprint density at radius 2 is 1.68 bits per heavy atom. The van der Waals surface area contributed by atoms with Gasteiger partial charge in [0.1, 0.15) is 0 Å². The Kier molecular flexibility index (Phi) is 7.28. The highest BCUT2D eigenvalue weighted by atomic mass is 35.5. The molecule has 0 aromatic heterocycles. The molecule has 1 amide bonds. The normalized spacial score (nSPS) is 10.4. The van der Waals surface area contributed by atoms with Gasteiger partial charge in [-0.25, -0.2) is 4.79 Å². The first kappa shape index (κ1) is 20.2. The molecule has 4 nitrogen and oxygen atoms in total. The molecule has 0 fully saturated rings. The minimum absolute atomic E-state index is 0.0449. The van der Waals surface area contributed by atoms with Crippen molar-refractivity contribution >= 4 is 75.7 Å². The zero-order chi connectivity index (χ0) is 18.6. The van der Waals surface area contributed by atoms with E-state index in [1.165, 1.54) is 17.8 Å². The molecule has 0 radical (unpaired) electrons. The molecule has 0 aliphatic heterocycles. The zero-order valence-corrected chi connectivity index (χ0v) is 16.6. The predicted octanol–water partition coefficient (Wildman–Crippen LogP) is 5.82. The second-order valence-corrected chi connectivity index (χ2v) is 7.09. The van der Waals surface area contributed by atoms with Crippen molar-refractivity contribution in [1.29, 1.82) is 0 Å². The van der Waals surface area contributed by atoms with Gasteiger partial charge in [-0.15, -0.1) is 11.8 Å². The summed E-state index contributed by atoms with van der Waals surface area (Å²) in [5.74, 6) is -1.24. The lowest BCUT2D eigenvalue weighted by Crippen LogP contribution is -2.21. The van der Waals surface area contributed by atoms with Gasteiger partial charge >= 0.3 is 5.97 Å². The number of thioether (sulfide) groups is 1. The Balaban J connectivity index is 2.06. The summed E-state index contributed by atoms with van der Waals surface area (Å²) in [6, 6.07) is 8.29. The molecule has 9 heteroatoms. The number of hydrogen-bond donors (Lipinski definition) is 1. The summed E-state index contributed by atoms with van der Waals surface area (Å²) in [4.78, 5) is 24.9. The Morgan fingerprint density at radius 1 is 1.08 bits per heavy atom. The Bertz CT molecular complexity index is 803. The van der Waals surface area contributed by atoms with Gasteiger partial charge in [-0.05, 0) is 24.5 Å². The third-order valence-corrected chi connectivity index (χ3v) is 5.41. The van der Waals surface area contributed by atoms with Gasteiger partial charge < -0.3 is 10.1 Å². The first-order valence-corrected chi connectivity index (χ1v) is 9.51. The van der Waals surface area contributed by atoms with Gasteiger partial charge in [-0.3, -0.25) is 4.79 Å². The number of esters is 1. The summed E-state index contributed by atoms with van der Waals surface area (Å²) in [6.07, 6.45) is 1.84. The van der Waals surface area contributed by atoms with Crippen LogP contribution in [0.5, 0.6) is 0 Å². The second-order valence-electron chi connectivity index (χ2n) is 4.67. The first-order chi connectivity index (χ1) is 11.8. The van der Waals surface area contributed by atoms with Crippen molar-refractivity contribution in [3.8, 4) is 0 Å². The molecule has 0 unspecified atom stereocenters. The number of benzene rings is 2. The van der Waals surface area contributed by atoms with Crippen LogP contribution in [0.3, 0.4) is 0 Å². The lowest BCUT2D eigenvalue weighted by Gasteiger charge is -2.12. The molecule has 2 aromatic carbocycles. The average Bonchev–Trinajstić information content (AvgIpc) is 2.61. The lowest BCUT2D eigenvalue weighted by atomic mass is 10.2. The van der Waals surface area contributed by atoms with Gasteiger partial charge in [0.25, 0.3) is 5.91 Å². The number of carbonyl (C=O) groups is 2. The quantitative estimate of drug-likeness (QED) is 0.363. The van der Waals surface area contributed by atoms with Gasteiger partial charge in [0, 0.05) is 4.90 Å². The molecule has 0 bridgehead atoms. The molecule has 0 saturated carbocycles. The van der Waals surface area contributed by atoms with E-state index in [-0.39, 0.29) is 25.8 Å². The van der Waals surface area contributed by atoms with Crippen molar-refractivity contribution in [2.45, 2.75) is 4.90 Å². The molecule has 0 aliphatic carbocycles. The summed E-state index contributed by atoms with van der Waals surface area (Å²) < 4.78 is 5.03. The average molecular weight is 439 g/mol. The number of nitrogens with one attached hydrogen (secondary N) is 1. The van der Waals surface area contributed by atoms with E-state index in [1.807, 2.05) is 12.3 Å². The van der Waals surface area contributed by atoms with E-state index in [4.69, 9.17) is 51.1 Å². The van der Waals surface area contributed by atoms with Crippen molar-refractivity contribution < 1.29 is 14.3 Å². The fourth-order valence-electron chi connectivity index (χ4n) is 1.88. The molecular weight excluding hydrogens is 428 g/mol. The van der Waals surface area contributed by atoms with E-state index in [0.717, 1.165) is 4.90 Å². The van der Waals surface area contributed by atoms with Crippen LogP contribution in [0.1, 0.15) is 10.4 Å². The summed E-state index contributed by atoms with van der Waals surface area (Å²) in [6.45, 7) is -0.516. The SMILES string of the molecule is CSc1ccccc1C(=O)OCC(=O)Nc1c(Cl)c(Cl)cc(Cl)c1Cl. The highest BCUT2D eigenvalue weighted by molar-refractivity contribution is 7.98. The number of ether oxygens (including phenoxy) is 1. The maximum atomic E-state index is 12.1. The number of amides is 1. The van der Waals surface area contributed by atoms with Crippen LogP contribution in [0.4, 0.5) is 5.69 Å². The van der Waals surface area contributed by atoms with Gasteiger partial charge in [0.2, 0.25) is 0 Å². The largest absolute Gasteiger partial charge is 0.452 e. The molecular formula is C16H11Cl4NO3S. The highest BCUT2D eigenvalue weighted by Gasteiger charge is 2.18. The molecule has 25 heavy (non-hydrogen) atoms. The van der Waals surface area contributed by atoms with E-state index >= 15 is 0 Å². The molecule has 0 spiro atoms. The topological polar surface area (TPSA) is 55.4 Å². The molecule has 0 saturated heterocycles. The summed E-state index contributed by atoms with van der Waals surface area (Å²) in [5.41, 5.74) is 0.441. The Labute approximate surface area is 168 Å². The van der Waals surface area contributed by atoms with Crippen LogP contribution in [0.25, 0.3) is 0 Å². The van der Waals surface area contributed by atoms with E-state index < -0.39 is 18.5 Å². The van der Waals surface area contributed by atoms with E-state index in [2.05, 4.69) is 5.32 Å². The van der Waals surface area contributed by atoms with Gasteiger partial charge in [0.15, 0.2) is 6.61 Å². The molecule has 0 aliphatic rings. The summed E-state index contributed by atoms with van der Waals surface area (Å²) in [5, 5.41) is 2.80. The van der Waals surface area contributed by atoms with Gasteiger partial charge in [-0.2, -0.15) is 0 Å². The van der Waals surface area contributed by atoms with Crippen LogP contribution in [0.15, 0.2) is 35.2 Å². The van der Waals surface area contributed by atoms with E-state index in [0.29, 0.717) is 5.56 Å². The number of rotatable bonds is 5. The molecule has 0 atom stereocenters. The van der Waals surface area contributed by atoms with Crippen LogP contribution in [-0.2, 0) is 9.53 Å². The fourth-order valence-corrected chi connectivity index (χ4v) is 3.37. The van der Waals surface area contributed by atoms with Crippen molar-refractivity contribution in [2.75, 3.05) is 18.2 Å². The van der Waals surface area contributed by atoms with Crippen LogP contribution >= 0.6 is 58.2 Å². The lowest BCUT2D eigenvalue weighted by molar-refractivity contribution is -0.119. The summed E-state index contributed by atoms with van der Waals surface area (Å²) in [7, 11) is 0. The molecule has 2 aromatic rings. The minimum atomic E-state index is -0.628. The van der Waals surface area contributed by atoms with Crippen LogP contribution in [0, 0.1) is 0 Å². The third kappa shape index (κ3) is 4.96. The van der Waals surface area contributed by atoms with Crippen LogP contribution < -0.4 is 5.32 Å². The van der Waals surface area contributed by atoms with Crippen molar-refractivity contribution in [1.82, 2.24) is 0 Å². The third-order valence-electron chi connectivity index (χ3n) is 3.04. The van der Waals surface area contributed by atoms with E-state index in [1.54, 1.807) is 18.2 Å². The van der Waals surface area contributed by atoms with Crippen molar-refractivity contribution in [3.63, 3.8) is 0 Å². The molecule has 2 rings (SSSR count). The highest BCUT2D eigenvalue weighted by Crippen LogP contribution is 2.40. The minimum Gasteiger partial charge on any atom is -0.452 e. The number of carbonyl (C=O) groups excluding carboxylic acids is 2. The Morgan fingerprint density at radius 3 is 2.28 bits per heavy atom. The van der Waals surface area contributed by atoms with Crippen LogP contribution in [0.2, 0.25) is 20.1 Å². The molecule has 0 heterocycles. The maximum absolute atomic E-state index is 12.1. The predicted molar refractivity (Wildman–Crippen MR) is 104 cm³/mol. The van der Waals surface area contributed by atoms with Gasteiger partial charge in [0.05, 0.1) is 31.3 Å². The van der Waals surface area contributed by atoms with Crippen LogP contribution in [-0.4, -0.2) is 24.7 Å². The second kappa shape index (κ2) is 9.01. The monoisotopic (exact) mass is 437 g/mol. The zero-order valence-electron chi connectivity index (χ0n) is 12.7. The standard InChI is InChI=1S/C16H11Cl4NO3S/c1-25-11-5-3-2-4-8(11)16(23)24-7-12(22)21-15-13(19)9(17)6-10(18)14(15)20/h2-6H,7H2,1H3,(H,21,22). The first-order valence-electron chi connectivity index (χ1n) is 6.78. The number of hydrogen-bond acceptors (Lipinski definition) is 4. The molecule has 132 valence electrons. The number of halogens is 4. The maximum Gasteiger partial charge on any atom is 0.339 e.